The number of ether oxygens (including phenoxy) is 2. The normalized spacial score (nSPS) is 15.4. The average molecular weight is 736 g/mol. The largest absolute Gasteiger partial charge is 0.444 e. The Morgan fingerprint density at radius 1 is 0.808 bits per heavy atom. The summed E-state index contributed by atoms with van der Waals surface area (Å²) in [5, 5.41) is 3.87. The van der Waals surface area contributed by atoms with Gasteiger partial charge in [-0.05, 0) is 133 Å². The van der Waals surface area contributed by atoms with Crippen LogP contribution >= 0.6 is 0 Å². The van der Waals surface area contributed by atoms with E-state index in [1.54, 1.807) is 13.0 Å². The van der Waals surface area contributed by atoms with Gasteiger partial charge in [0, 0.05) is 5.56 Å². The second kappa shape index (κ2) is 16.3. The van der Waals surface area contributed by atoms with Gasteiger partial charge in [0.05, 0.1) is 16.3 Å². The Hall–Kier alpha value is -4.71. The minimum Gasteiger partial charge on any atom is -0.444 e. The molecule has 1 unspecified atom stereocenters. The highest BCUT2D eigenvalue weighted by molar-refractivity contribution is 7.83. The Morgan fingerprint density at radius 2 is 1.35 bits per heavy atom. The van der Waals surface area contributed by atoms with E-state index < -0.39 is 35.0 Å². The van der Waals surface area contributed by atoms with Gasteiger partial charge in [0.2, 0.25) is 0 Å². The highest BCUT2D eigenvalue weighted by Gasteiger charge is 2.36. The smallest absolute Gasteiger partial charge is 0.435 e. The Morgan fingerprint density at radius 3 is 1.81 bits per heavy atom. The fourth-order valence-corrected chi connectivity index (χ4v) is 7.06. The summed E-state index contributed by atoms with van der Waals surface area (Å²) in [4.78, 5) is 27.0. The summed E-state index contributed by atoms with van der Waals surface area (Å²) < 4.78 is 68.1. The zero-order valence-electron chi connectivity index (χ0n) is 30.4. The first-order valence-corrected chi connectivity index (χ1v) is 18.3. The molecule has 1 aromatic heterocycles. The molecule has 1 heterocycles. The van der Waals surface area contributed by atoms with Gasteiger partial charge in [-0.2, -0.15) is 18.3 Å². The lowest BCUT2D eigenvalue weighted by atomic mass is 9.92. The van der Waals surface area contributed by atoms with Crippen LogP contribution in [0.25, 0.3) is 16.9 Å². The quantitative estimate of drug-likeness (QED) is 0.214. The number of amides is 2. The summed E-state index contributed by atoms with van der Waals surface area (Å²) in [6, 6.07) is 12.1. The van der Waals surface area contributed by atoms with E-state index in [0.717, 1.165) is 54.0 Å². The first-order valence-electron chi connectivity index (χ1n) is 17.2. The molecule has 1 atom stereocenters. The Bertz CT molecular complexity index is 1930. The van der Waals surface area contributed by atoms with E-state index in [9.17, 15) is 27.0 Å². The third-order valence-electron chi connectivity index (χ3n) is 9.40. The van der Waals surface area contributed by atoms with Gasteiger partial charge in [0.25, 0.3) is 0 Å². The van der Waals surface area contributed by atoms with Crippen molar-refractivity contribution in [3.63, 3.8) is 0 Å². The number of benzene rings is 2. The maximum Gasteiger partial charge on any atom is 0.435 e. The van der Waals surface area contributed by atoms with E-state index in [2.05, 4.69) is 32.8 Å². The van der Waals surface area contributed by atoms with E-state index in [1.807, 2.05) is 31.2 Å². The van der Waals surface area contributed by atoms with Crippen molar-refractivity contribution in [2.24, 2.45) is 0 Å². The van der Waals surface area contributed by atoms with Crippen LogP contribution in [0.15, 0.2) is 99.0 Å². The molecule has 2 amide bonds. The molecule has 2 aliphatic carbocycles. The summed E-state index contributed by atoms with van der Waals surface area (Å²) in [7, 11) is -2.42. The van der Waals surface area contributed by atoms with Crippen molar-refractivity contribution in [2.45, 2.75) is 91.1 Å². The molecule has 0 N–H and O–H groups in total. The van der Waals surface area contributed by atoms with Crippen LogP contribution in [0.5, 0.6) is 0 Å². The highest BCUT2D eigenvalue weighted by atomic mass is 32.2. The summed E-state index contributed by atoms with van der Waals surface area (Å²) in [6.45, 7) is 11.7. The first-order chi connectivity index (χ1) is 24.6. The predicted octanol–water partition coefficient (Wildman–Crippen LogP) is 10.7. The van der Waals surface area contributed by atoms with Gasteiger partial charge in [-0.1, -0.05) is 52.1 Å². The third kappa shape index (κ3) is 9.20. The number of carbonyl (C=O) groups excluding carboxylic acids is 2. The molecule has 0 radical (unpaired) electrons. The van der Waals surface area contributed by atoms with Gasteiger partial charge >= 0.3 is 18.4 Å². The van der Waals surface area contributed by atoms with E-state index in [4.69, 9.17) is 9.47 Å². The number of aromatic nitrogens is 2. The number of alkyl halides is 3. The van der Waals surface area contributed by atoms with Crippen molar-refractivity contribution in [2.75, 3.05) is 13.2 Å². The van der Waals surface area contributed by atoms with Crippen molar-refractivity contribution in [3.8, 4) is 16.9 Å². The molecule has 276 valence electrons. The SMILES string of the molecule is CC(C)=C1CC=C(COC(=O)N(C(=O)OCC2=CCC(=C(C)C)CC2)S(=O)c2ccc(-n3nc(C(F)(F)F)cc3-c3cc(C)ccc3C)cc2)CC1. The molecule has 5 rings (SSSR count). The van der Waals surface area contributed by atoms with E-state index in [1.165, 1.54) is 51.2 Å². The summed E-state index contributed by atoms with van der Waals surface area (Å²) >= 11 is 0. The molecule has 2 aliphatic rings. The van der Waals surface area contributed by atoms with Crippen LogP contribution in [-0.4, -0.2) is 43.7 Å². The molecule has 0 fully saturated rings. The fraction of sp³-hybridized carbons (Fsp3) is 0.375. The Labute approximate surface area is 305 Å². The van der Waals surface area contributed by atoms with Gasteiger partial charge in [0.1, 0.15) is 13.2 Å². The molecule has 52 heavy (non-hydrogen) atoms. The van der Waals surface area contributed by atoms with Crippen LogP contribution in [0, 0.1) is 13.8 Å². The molecule has 12 heteroatoms. The van der Waals surface area contributed by atoms with Crippen molar-refractivity contribution < 1.29 is 36.4 Å². The number of hydrogen-bond donors (Lipinski definition) is 0. The van der Waals surface area contributed by atoms with Crippen molar-refractivity contribution in [3.05, 3.63) is 111 Å². The van der Waals surface area contributed by atoms with Crippen molar-refractivity contribution >= 4 is 23.2 Å². The van der Waals surface area contributed by atoms with Crippen LogP contribution < -0.4 is 0 Å². The van der Waals surface area contributed by atoms with E-state index in [-0.39, 0.29) is 29.5 Å². The van der Waals surface area contributed by atoms with Crippen LogP contribution in [-0.2, 0) is 26.6 Å². The van der Waals surface area contributed by atoms with E-state index >= 15 is 0 Å². The lowest BCUT2D eigenvalue weighted by molar-refractivity contribution is -0.141. The summed E-state index contributed by atoms with van der Waals surface area (Å²) in [5.74, 6) is 0. The predicted molar refractivity (Wildman–Crippen MR) is 195 cm³/mol. The molecule has 0 bridgehead atoms. The van der Waals surface area contributed by atoms with Gasteiger partial charge in [-0.3, -0.25) is 0 Å². The minimum atomic E-state index is -4.69. The Kier molecular flexibility index (Phi) is 12.1. The maximum absolute atomic E-state index is 13.9. The molecule has 2 aromatic carbocycles. The topological polar surface area (TPSA) is 90.7 Å². The number of aryl methyl sites for hydroxylation is 2. The summed E-state index contributed by atoms with van der Waals surface area (Å²) in [6.07, 6.45) is 1.59. The maximum atomic E-state index is 13.9. The zero-order valence-corrected chi connectivity index (χ0v) is 31.2. The van der Waals surface area contributed by atoms with Gasteiger partial charge in [-0.25, -0.2) is 18.5 Å². The zero-order chi connectivity index (χ0) is 37.7. The number of nitrogens with zero attached hydrogens (tertiary/aromatic N) is 3. The number of imide groups is 1. The second-order valence-electron chi connectivity index (χ2n) is 13.6. The third-order valence-corrected chi connectivity index (χ3v) is 10.7. The fourth-order valence-electron chi connectivity index (χ4n) is 6.10. The van der Waals surface area contributed by atoms with Crippen molar-refractivity contribution in [1.29, 1.82) is 0 Å². The number of carbonyl (C=O) groups is 2. The lowest BCUT2D eigenvalue weighted by Gasteiger charge is -2.22. The monoisotopic (exact) mass is 735 g/mol. The second-order valence-corrected chi connectivity index (χ2v) is 15.0. The van der Waals surface area contributed by atoms with Gasteiger partial charge < -0.3 is 9.47 Å². The van der Waals surface area contributed by atoms with Gasteiger partial charge in [-0.15, -0.1) is 4.31 Å². The Balaban J connectivity index is 1.41. The van der Waals surface area contributed by atoms with Crippen LogP contribution in [0.2, 0.25) is 0 Å². The number of allylic oxidation sites excluding steroid dienone is 6. The standard InChI is InChI=1S/C40H44F3N3O5S/c1-25(2)31-13-9-29(10-14-31)23-50-38(47)46(39(48)51-24-30-11-15-32(16-12-30)26(3)4)52(49)34-19-17-33(18-20-34)45-36(22-37(44-45)40(41,42)43)35-21-27(5)7-8-28(35)6/h7-9,11,17-22H,10,12-16,23-24H2,1-6H3. The lowest BCUT2D eigenvalue weighted by Crippen LogP contribution is -2.39. The van der Waals surface area contributed by atoms with Gasteiger partial charge in [0.15, 0.2) is 16.7 Å². The van der Waals surface area contributed by atoms with Crippen molar-refractivity contribution in [1.82, 2.24) is 14.1 Å². The molecular weight excluding hydrogens is 692 g/mol. The van der Waals surface area contributed by atoms with E-state index in [0.29, 0.717) is 22.7 Å². The number of hydrogen-bond acceptors (Lipinski definition) is 6. The van der Waals surface area contributed by atoms with Crippen LogP contribution in [0.4, 0.5) is 22.8 Å². The minimum absolute atomic E-state index is 0.0318. The molecule has 0 saturated carbocycles. The number of rotatable bonds is 8. The highest BCUT2D eigenvalue weighted by Crippen LogP contribution is 2.35. The molecule has 0 saturated heterocycles. The summed E-state index contributed by atoms with van der Waals surface area (Å²) in [5.41, 5.74) is 8.53. The number of halogens is 3. The molecule has 0 aliphatic heterocycles. The average Bonchev–Trinajstić information content (AvgIpc) is 3.58. The van der Waals surface area contributed by atoms with Crippen LogP contribution in [0.1, 0.15) is 83.0 Å². The molecular formula is C40H44F3N3O5S. The molecule has 0 spiro atoms. The molecule has 3 aromatic rings. The first kappa shape index (κ1) is 38.5. The van der Waals surface area contributed by atoms with Crippen LogP contribution in [0.3, 0.4) is 0 Å². The molecule has 8 nitrogen and oxygen atoms in total.